The molecular weight excluding hydrogens is 338 g/mol. The van der Waals surface area contributed by atoms with Crippen molar-refractivity contribution >= 4 is 28.4 Å². The molecule has 2 amide bonds. The zero-order valence-electron chi connectivity index (χ0n) is 15.8. The number of fused-ring (bicyclic) bond motifs is 1. The summed E-state index contributed by atoms with van der Waals surface area (Å²) >= 11 is 0. The summed E-state index contributed by atoms with van der Waals surface area (Å²) in [5.41, 5.74) is 4.77. The summed E-state index contributed by atoms with van der Waals surface area (Å²) in [4.78, 5) is 32.6. The molecule has 4 rings (SSSR count). The number of nitrogens with zero attached hydrogens (tertiary/aromatic N) is 2. The highest BCUT2D eigenvalue weighted by atomic mass is 16.2. The molecule has 2 aromatic carbocycles. The van der Waals surface area contributed by atoms with Crippen molar-refractivity contribution in [2.75, 3.05) is 18.5 Å². The van der Waals surface area contributed by atoms with Crippen LogP contribution in [0.25, 0.3) is 10.9 Å². The van der Waals surface area contributed by atoms with Gasteiger partial charge in [0.15, 0.2) is 0 Å². The van der Waals surface area contributed by atoms with E-state index in [1.807, 2.05) is 62.4 Å². The lowest BCUT2D eigenvalue weighted by atomic mass is 10.1. The highest BCUT2D eigenvalue weighted by molar-refractivity contribution is 6.05. The predicted molar refractivity (Wildman–Crippen MR) is 107 cm³/mol. The van der Waals surface area contributed by atoms with Crippen LogP contribution in [0.2, 0.25) is 0 Å². The van der Waals surface area contributed by atoms with E-state index in [1.54, 1.807) is 16.8 Å². The monoisotopic (exact) mass is 361 g/mol. The smallest absolute Gasteiger partial charge is 0.254 e. The third kappa shape index (κ3) is 2.89. The molecular formula is C22H23N3O2. The summed E-state index contributed by atoms with van der Waals surface area (Å²) in [5, 5.41) is 1.05. The van der Waals surface area contributed by atoms with Gasteiger partial charge in [-0.25, -0.2) is 0 Å². The Morgan fingerprint density at radius 3 is 2.63 bits per heavy atom. The van der Waals surface area contributed by atoms with Gasteiger partial charge in [-0.15, -0.1) is 0 Å². The Balaban J connectivity index is 1.57. The number of hydrogen-bond donors (Lipinski definition) is 1. The lowest BCUT2D eigenvalue weighted by molar-refractivity contribution is -0.120. The normalized spacial score (nSPS) is 16.9. The van der Waals surface area contributed by atoms with Crippen LogP contribution in [0.5, 0.6) is 0 Å². The Labute approximate surface area is 158 Å². The van der Waals surface area contributed by atoms with Gasteiger partial charge < -0.3 is 14.8 Å². The number of H-pyrrole nitrogens is 1. The number of aromatic amines is 1. The fourth-order valence-corrected chi connectivity index (χ4v) is 3.83. The molecule has 1 aromatic heterocycles. The number of aryl methyl sites for hydroxylation is 2. The molecule has 5 heteroatoms. The first-order valence-corrected chi connectivity index (χ1v) is 9.20. The van der Waals surface area contributed by atoms with E-state index in [4.69, 9.17) is 0 Å². The maximum absolute atomic E-state index is 13.0. The zero-order chi connectivity index (χ0) is 19.1. The first-order chi connectivity index (χ1) is 13.0. The molecule has 1 fully saturated rings. The molecule has 1 atom stereocenters. The average Bonchev–Trinajstić information content (AvgIpc) is 3.21. The Kier molecular flexibility index (Phi) is 4.22. The number of rotatable bonds is 3. The van der Waals surface area contributed by atoms with E-state index in [2.05, 4.69) is 4.98 Å². The number of nitrogens with one attached hydrogen (secondary N) is 1. The Bertz CT molecular complexity index is 1020. The summed E-state index contributed by atoms with van der Waals surface area (Å²) in [7, 11) is 1.72. The standard InChI is InChI=1S/C22H23N3O2/c1-14-15(2)23-19-10-9-16(13-18(14)19)21(26)24(3)20-11-12-25(22(20)27)17-7-5-4-6-8-17/h4-10,13,20,23H,11-12H2,1-3H3. The van der Waals surface area contributed by atoms with Gasteiger partial charge in [0.1, 0.15) is 6.04 Å². The van der Waals surface area contributed by atoms with Gasteiger partial charge in [-0.05, 0) is 56.2 Å². The van der Waals surface area contributed by atoms with E-state index in [0.717, 1.165) is 27.8 Å². The highest BCUT2D eigenvalue weighted by Gasteiger charge is 2.37. The molecule has 1 aliphatic rings. The predicted octanol–water partition coefficient (Wildman–Crippen LogP) is 3.66. The number of benzene rings is 2. The second-order valence-electron chi connectivity index (χ2n) is 7.18. The van der Waals surface area contributed by atoms with Gasteiger partial charge in [0.05, 0.1) is 0 Å². The van der Waals surface area contributed by atoms with E-state index in [0.29, 0.717) is 18.5 Å². The maximum atomic E-state index is 13.0. The SMILES string of the molecule is Cc1[nH]c2ccc(C(=O)N(C)C3CCN(c4ccccc4)C3=O)cc2c1C. The van der Waals surface area contributed by atoms with Crippen molar-refractivity contribution in [3.05, 3.63) is 65.4 Å². The van der Waals surface area contributed by atoms with Crippen LogP contribution in [0.1, 0.15) is 28.0 Å². The van der Waals surface area contributed by atoms with E-state index in [9.17, 15) is 9.59 Å². The van der Waals surface area contributed by atoms with Gasteiger partial charge in [0.25, 0.3) is 5.91 Å². The molecule has 0 aliphatic carbocycles. The Hall–Kier alpha value is -3.08. The minimum Gasteiger partial charge on any atom is -0.358 e. The van der Waals surface area contributed by atoms with Crippen molar-refractivity contribution in [2.24, 2.45) is 0 Å². The zero-order valence-corrected chi connectivity index (χ0v) is 15.8. The summed E-state index contributed by atoms with van der Waals surface area (Å²) in [6, 6.07) is 14.9. The van der Waals surface area contributed by atoms with Crippen LogP contribution >= 0.6 is 0 Å². The molecule has 0 radical (unpaired) electrons. The van der Waals surface area contributed by atoms with Gasteiger partial charge in [0.2, 0.25) is 5.91 Å². The summed E-state index contributed by atoms with van der Waals surface area (Å²) in [6.45, 7) is 4.70. The Morgan fingerprint density at radius 2 is 1.89 bits per heavy atom. The molecule has 1 N–H and O–H groups in total. The highest BCUT2D eigenvalue weighted by Crippen LogP contribution is 2.26. The van der Waals surface area contributed by atoms with Crippen molar-refractivity contribution in [1.82, 2.24) is 9.88 Å². The van der Waals surface area contributed by atoms with Crippen LogP contribution in [0.15, 0.2) is 48.5 Å². The molecule has 1 unspecified atom stereocenters. The quantitative estimate of drug-likeness (QED) is 0.774. The third-order valence-electron chi connectivity index (χ3n) is 5.59. The molecule has 1 aliphatic heterocycles. The first kappa shape index (κ1) is 17.3. The molecule has 2 heterocycles. The van der Waals surface area contributed by atoms with Crippen molar-refractivity contribution in [3.63, 3.8) is 0 Å². The van der Waals surface area contributed by atoms with Gasteiger partial charge in [0, 0.05) is 41.4 Å². The largest absolute Gasteiger partial charge is 0.358 e. The first-order valence-electron chi connectivity index (χ1n) is 9.20. The molecule has 0 spiro atoms. The molecule has 1 saturated heterocycles. The molecule has 5 nitrogen and oxygen atoms in total. The minimum atomic E-state index is -0.428. The van der Waals surface area contributed by atoms with E-state index in [-0.39, 0.29) is 11.8 Å². The molecule has 27 heavy (non-hydrogen) atoms. The Morgan fingerprint density at radius 1 is 1.15 bits per heavy atom. The van der Waals surface area contributed by atoms with Crippen molar-refractivity contribution in [2.45, 2.75) is 26.3 Å². The topological polar surface area (TPSA) is 56.4 Å². The third-order valence-corrected chi connectivity index (χ3v) is 5.59. The van der Waals surface area contributed by atoms with E-state index < -0.39 is 6.04 Å². The van der Waals surface area contributed by atoms with E-state index in [1.165, 1.54) is 0 Å². The fraction of sp³-hybridized carbons (Fsp3) is 0.273. The number of anilines is 1. The van der Waals surface area contributed by atoms with Crippen LogP contribution in [-0.4, -0.2) is 41.3 Å². The van der Waals surface area contributed by atoms with Crippen LogP contribution < -0.4 is 4.90 Å². The average molecular weight is 361 g/mol. The fourth-order valence-electron chi connectivity index (χ4n) is 3.83. The van der Waals surface area contributed by atoms with Crippen LogP contribution in [0.4, 0.5) is 5.69 Å². The summed E-state index contributed by atoms with van der Waals surface area (Å²) in [6.07, 6.45) is 0.639. The summed E-state index contributed by atoms with van der Waals surface area (Å²) in [5.74, 6) is -0.143. The number of amides is 2. The van der Waals surface area contributed by atoms with Crippen molar-refractivity contribution in [3.8, 4) is 0 Å². The number of carbonyl (C=O) groups excluding carboxylic acids is 2. The maximum Gasteiger partial charge on any atom is 0.254 e. The van der Waals surface area contributed by atoms with Gasteiger partial charge in [-0.2, -0.15) is 0 Å². The van der Waals surface area contributed by atoms with Gasteiger partial charge in [-0.1, -0.05) is 18.2 Å². The van der Waals surface area contributed by atoms with Gasteiger partial charge >= 0.3 is 0 Å². The molecule has 138 valence electrons. The lowest BCUT2D eigenvalue weighted by Gasteiger charge is -2.24. The van der Waals surface area contributed by atoms with Crippen molar-refractivity contribution < 1.29 is 9.59 Å². The summed E-state index contributed by atoms with van der Waals surface area (Å²) < 4.78 is 0. The second-order valence-corrected chi connectivity index (χ2v) is 7.18. The number of likely N-dealkylation sites (N-methyl/N-ethyl adjacent to an activating group) is 1. The molecule has 3 aromatic rings. The van der Waals surface area contributed by atoms with Crippen LogP contribution in [-0.2, 0) is 4.79 Å². The van der Waals surface area contributed by atoms with Crippen LogP contribution in [0, 0.1) is 13.8 Å². The lowest BCUT2D eigenvalue weighted by Crippen LogP contribution is -2.43. The van der Waals surface area contributed by atoms with Crippen molar-refractivity contribution in [1.29, 1.82) is 0 Å². The number of carbonyl (C=O) groups is 2. The molecule has 0 saturated carbocycles. The van der Waals surface area contributed by atoms with E-state index >= 15 is 0 Å². The van der Waals surface area contributed by atoms with Gasteiger partial charge in [-0.3, -0.25) is 9.59 Å². The molecule has 0 bridgehead atoms. The van der Waals surface area contributed by atoms with Crippen LogP contribution in [0.3, 0.4) is 0 Å². The minimum absolute atomic E-state index is 0.0215. The second kappa shape index (κ2) is 6.58. The number of aromatic nitrogens is 1. The number of para-hydroxylation sites is 1. The number of hydrogen-bond acceptors (Lipinski definition) is 2.